The van der Waals surface area contributed by atoms with Crippen LogP contribution in [0.15, 0.2) is 71.2 Å². The molecule has 0 atom stereocenters. The molecule has 6 rings (SSSR count). The number of azo groups is 1. The molecule has 5 heterocycles. The van der Waals surface area contributed by atoms with E-state index in [4.69, 9.17) is 4.98 Å². The van der Waals surface area contributed by atoms with Crippen LogP contribution in [0.5, 0.6) is 0 Å². The Morgan fingerprint density at radius 1 is 1.02 bits per heavy atom. The number of benzene rings is 1. The molecule has 40 heavy (non-hydrogen) atoms. The van der Waals surface area contributed by atoms with Crippen LogP contribution in [-0.2, 0) is 23.1 Å². The average molecular weight is 564 g/mol. The van der Waals surface area contributed by atoms with Gasteiger partial charge >= 0.3 is 0 Å². The second-order valence-electron chi connectivity index (χ2n) is 8.97. The van der Waals surface area contributed by atoms with E-state index in [2.05, 4.69) is 25.3 Å². The second kappa shape index (κ2) is 9.77. The first kappa shape index (κ1) is 25.5. The molecule has 15 heteroatoms. The number of sulfonamides is 1. The molecule has 1 aliphatic heterocycles. The molecule has 0 saturated carbocycles. The van der Waals surface area contributed by atoms with Gasteiger partial charge in [-0.25, -0.2) is 32.3 Å². The summed E-state index contributed by atoms with van der Waals surface area (Å²) < 4.78 is 56.0. The summed E-state index contributed by atoms with van der Waals surface area (Å²) in [7, 11) is -3.43. The van der Waals surface area contributed by atoms with Gasteiger partial charge in [0.1, 0.15) is 17.3 Å². The molecular formula is C25H19F2N9O3S. The van der Waals surface area contributed by atoms with Crippen molar-refractivity contribution in [1.82, 2.24) is 33.4 Å². The Kier molecular flexibility index (Phi) is 6.23. The van der Waals surface area contributed by atoms with Crippen LogP contribution in [-0.4, -0.2) is 60.6 Å². The number of carbonyl (C=O) groups excluding carboxylic acids is 1. The summed E-state index contributed by atoms with van der Waals surface area (Å²) in [6.07, 6.45) is 3.78. The highest BCUT2D eigenvalue weighted by molar-refractivity contribution is 7.88. The first-order chi connectivity index (χ1) is 19.2. The summed E-state index contributed by atoms with van der Waals surface area (Å²) in [6.45, 7) is 0.679. The van der Waals surface area contributed by atoms with Crippen LogP contribution in [0.2, 0.25) is 0 Å². The second-order valence-corrected chi connectivity index (χ2v) is 11.0. The number of hydrogen-bond acceptors (Lipinski definition) is 8. The Hall–Kier alpha value is -4.76. The van der Waals surface area contributed by atoms with Gasteiger partial charge < -0.3 is 4.57 Å². The summed E-state index contributed by atoms with van der Waals surface area (Å²) >= 11 is 0. The molecular weight excluding hydrogens is 544 g/mol. The molecule has 1 aliphatic rings. The Bertz CT molecular complexity index is 1920. The third kappa shape index (κ3) is 4.87. The molecule has 202 valence electrons. The van der Waals surface area contributed by atoms with Gasteiger partial charge in [0.15, 0.2) is 11.5 Å². The van der Waals surface area contributed by atoms with Gasteiger partial charge in [0.25, 0.3) is 5.91 Å². The number of amides is 1. The fraction of sp³-hybridized carbons (Fsp3) is 0.160. The molecule has 0 aliphatic carbocycles. The monoisotopic (exact) mass is 563 g/mol. The van der Waals surface area contributed by atoms with Crippen LogP contribution in [0.4, 0.5) is 14.6 Å². The van der Waals surface area contributed by atoms with Gasteiger partial charge in [0.2, 0.25) is 16.0 Å². The molecule has 0 spiro atoms. The molecule has 0 bridgehead atoms. The van der Waals surface area contributed by atoms with Crippen molar-refractivity contribution in [2.24, 2.45) is 10.2 Å². The Morgan fingerprint density at radius 2 is 1.82 bits per heavy atom. The Balaban J connectivity index is 1.39. The summed E-state index contributed by atoms with van der Waals surface area (Å²) in [4.78, 5) is 24.7. The number of halogens is 2. The van der Waals surface area contributed by atoms with Gasteiger partial charge in [-0.3, -0.25) is 4.79 Å². The minimum atomic E-state index is -3.43. The lowest BCUT2D eigenvalue weighted by Gasteiger charge is -2.26. The summed E-state index contributed by atoms with van der Waals surface area (Å²) in [6, 6.07) is 11.6. The van der Waals surface area contributed by atoms with E-state index in [1.807, 2.05) is 4.57 Å². The standard InChI is InChI=1S/C25H19F2N9O3S/c1-40(38,39)34-10-11-35-22(14-34)30-23(15-2-4-17(26)5-3-15)24(35)18-6-7-21-29-20(13-36(21)33-18)31-32-25(37)16-8-9-28-19(27)12-16/h2-9,12-13H,10-11,14H2,1H3. The SMILES string of the molecule is CS(=O)(=O)N1CCn2c(nc(-c3ccc(F)cc3)c2-c2ccc3nc(N=NC(=O)c4ccnc(F)c4)cn3n2)C1. The number of aromatic nitrogens is 6. The first-order valence-corrected chi connectivity index (χ1v) is 13.8. The zero-order valence-corrected chi connectivity index (χ0v) is 21.6. The van der Waals surface area contributed by atoms with Crippen molar-refractivity contribution in [3.8, 4) is 22.6 Å². The van der Waals surface area contributed by atoms with E-state index in [0.29, 0.717) is 40.7 Å². The number of rotatable bonds is 5. The van der Waals surface area contributed by atoms with Crippen molar-refractivity contribution in [2.45, 2.75) is 13.1 Å². The van der Waals surface area contributed by atoms with Crippen molar-refractivity contribution in [3.05, 3.63) is 84.1 Å². The zero-order chi connectivity index (χ0) is 28.0. The lowest BCUT2D eigenvalue weighted by molar-refractivity contribution is 0.0994. The average Bonchev–Trinajstić information content (AvgIpc) is 3.52. The minimum absolute atomic E-state index is 0.00584. The van der Waals surface area contributed by atoms with E-state index >= 15 is 0 Å². The van der Waals surface area contributed by atoms with E-state index in [0.717, 1.165) is 18.5 Å². The molecule has 12 nitrogen and oxygen atoms in total. The minimum Gasteiger partial charge on any atom is -0.324 e. The zero-order valence-electron chi connectivity index (χ0n) is 20.8. The van der Waals surface area contributed by atoms with Crippen LogP contribution in [0.25, 0.3) is 28.3 Å². The molecule has 0 unspecified atom stereocenters. The maximum Gasteiger partial charge on any atom is 0.295 e. The van der Waals surface area contributed by atoms with E-state index in [-0.39, 0.29) is 24.5 Å². The third-order valence-electron chi connectivity index (χ3n) is 6.29. The fourth-order valence-corrected chi connectivity index (χ4v) is 5.16. The van der Waals surface area contributed by atoms with Gasteiger partial charge in [-0.15, -0.1) is 10.2 Å². The first-order valence-electron chi connectivity index (χ1n) is 11.9. The molecule has 0 N–H and O–H groups in total. The molecule has 0 radical (unpaired) electrons. The highest BCUT2D eigenvalue weighted by atomic mass is 32.2. The van der Waals surface area contributed by atoms with Crippen LogP contribution >= 0.6 is 0 Å². The molecule has 0 fully saturated rings. The lowest BCUT2D eigenvalue weighted by atomic mass is 10.1. The normalized spacial score (nSPS) is 14.2. The smallest absolute Gasteiger partial charge is 0.295 e. The van der Waals surface area contributed by atoms with Crippen LogP contribution < -0.4 is 0 Å². The molecule has 5 aromatic rings. The van der Waals surface area contributed by atoms with Gasteiger partial charge in [0, 0.05) is 36.5 Å². The summed E-state index contributed by atoms with van der Waals surface area (Å²) in [5, 5.41) is 12.1. The van der Waals surface area contributed by atoms with Crippen molar-refractivity contribution in [3.63, 3.8) is 0 Å². The predicted molar refractivity (Wildman–Crippen MR) is 138 cm³/mol. The topological polar surface area (TPSA) is 140 Å². The predicted octanol–water partition coefficient (Wildman–Crippen LogP) is 3.63. The van der Waals surface area contributed by atoms with Crippen molar-refractivity contribution in [1.29, 1.82) is 0 Å². The lowest BCUT2D eigenvalue weighted by Crippen LogP contribution is -2.37. The highest BCUT2D eigenvalue weighted by Crippen LogP contribution is 2.34. The summed E-state index contributed by atoms with van der Waals surface area (Å²) in [5.41, 5.74) is 2.70. The molecule has 1 aromatic carbocycles. The van der Waals surface area contributed by atoms with Crippen LogP contribution in [0.1, 0.15) is 16.2 Å². The van der Waals surface area contributed by atoms with E-state index in [9.17, 15) is 22.0 Å². The van der Waals surface area contributed by atoms with E-state index in [1.54, 1.807) is 24.3 Å². The van der Waals surface area contributed by atoms with Gasteiger partial charge in [-0.05, 0) is 42.5 Å². The largest absolute Gasteiger partial charge is 0.324 e. The maximum atomic E-state index is 13.7. The van der Waals surface area contributed by atoms with Crippen LogP contribution in [0, 0.1) is 11.8 Å². The molecule has 1 amide bonds. The number of carbonyl (C=O) groups is 1. The maximum absolute atomic E-state index is 13.7. The number of nitrogens with zero attached hydrogens (tertiary/aromatic N) is 9. The van der Waals surface area contributed by atoms with Crippen molar-refractivity contribution in [2.75, 3.05) is 12.8 Å². The number of pyridine rings is 1. The number of hydrogen-bond donors (Lipinski definition) is 0. The fourth-order valence-electron chi connectivity index (χ4n) is 4.39. The number of imidazole rings is 2. The Labute approximate surface area is 225 Å². The van der Waals surface area contributed by atoms with Gasteiger partial charge in [-0.1, -0.05) is 0 Å². The third-order valence-corrected chi connectivity index (χ3v) is 7.54. The highest BCUT2D eigenvalue weighted by Gasteiger charge is 2.29. The summed E-state index contributed by atoms with van der Waals surface area (Å²) in [5.74, 6) is -1.34. The van der Waals surface area contributed by atoms with E-state index < -0.39 is 27.7 Å². The Morgan fingerprint density at radius 3 is 2.58 bits per heavy atom. The van der Waals surface area contributed by atoms with E-state index in [1.165, 1.54) is 33.2 Å². The van der Waals surface area contributed by atoms with Gasteiger partial charge in [-0.2, -0.15) is 13.8 Å². The van der Waals surface area contributed by atoms with Gasteiger partial charge in [0.05, 0.1) is 30.4 Å². The molecule has 0 saturated heterocycles. The van der Waals surface area contributed by atoms with Crippen molar-refractivity contribution >= 4 is 27.4 Å². The number of fused-ring (bicyclic) bond motifs is 2. The quantitative estimate of drug-likeness (QED) is 0.235. The van der Waals surface area contributed by atoms with Crippen molar-refractivity contribution < 1.29 is 22.0 Å². The van der Waals surface area contributed by atoms with Crippen LogP contribution in [0.3, 0.4) is 0 Å². The molecule has 4 aromatic heterocycles.